The van der Waals surface area contributed by atoms with Crippen molar-refractivity contribution in [2.75, 3.05) is 13.2 Å². The predicted molar refractivity (Wildman–Crippen MR) is 122 cm³/mol. The van der Waals surface area contributed by atoms with Gasteiger partial charge in [0.1, 0.15) is 18.2 Å². The van der Waals surface area contributed by atoms with Gasteiger partial charge in [0.2, 0.25) is 0 Å². The number of carbonyl (C=O) groups is 1. The minimum absolute atomic E-state index is 0.00642. The molecule has 0 aliphatic carbocycles. The number of aryl methyl sites for hydroxylation is 1. The zero-order valence-electron chi connectivity index (χ0n) is 18.3. The Morgan fingerprint density at radius 1 is 1.06 bits per heavy atom. The molecule has 0 aromatic heterocycles. The lowest BCUT2D eigenvalue weighted by molar-refractivity contribution is 0.0507. The zero-order valence-corrected chi connectivity index (χ0v) is 18.3. The molecular formula is C27H28FNO3. The Hall–Kier alpha value is -3.18. The van der Waals surface area contributed by atoms with Crippen molar-refractivity contribution in [3.8, 4) is 5.75 Å². The van der Waals surface area contributed by atoms with Crippen LogP contribution in [0.4, 0.5) is 4.39 Å². The molecule has 4 nitrogen and oxygen atoms in total. The molecule has 1 amide bonds. The molecule has 1 saturated heterocycles. The van der Waals surface area contributed by atoms with E-state index in [1.807, 2.05) is 66.4 Å². The fourth-order valence-electron chi connectivity index (χ4n) is 3.84. The molecule has 1 aliphatic rings. The quantitative estimate of drug-likeness (QED) is 0.469. The van der Waals surface area contributed by atoms with E-state index in [9.17, 15) is 9.18 Å². The highest BCUT2D eigenvalue weighted by molar-refractivity contribution is 5.94. The second-order valence-corrected chi connectivity index (χ2v) is 8.25. The van der Waals surface area contributed by atoms with Gasteiger partial charge in [-0.3, -0.25) is 4.79 Å². The van der Waals surface area contributed by atoms with E-state index in [1.54, 1.807) is 6.07 Å². The molecule has 1 fully saturated rings. The summed E-state index contributed by atoms with van der Waals surface area (Å²) in [5.41, 5.74) is 3.60. The Morgan fingerprint density at radius 3 is 2.53 bits per heavy atom. The minimum Gasteiger partial charge on any atom is -0.489 e. The van der Waals surface area contributed by atoms with Gasteiger partial charge < -0.3 is 14.4 Å². The van der Waals surface area contributed by atoms with E-state index in [0.717, 1.165) is 36.1 Å². The molecule has 4 rings (SSSR count). The van der Waals surface area contributed by atoms with Crippen molar-refractivity contribution >= 4 is 5.91 Å². The summed E-state index contributed by atoms with van der Waals surface area (Å²) >= 11 is 0. The van der Waals surface area contributed by atoms with Crippen LogP contribution in [0.1, 0.15) is 39.9 Å². The number of halogens is 1. The fraction of sp³-hybridized carbons (Fsp3) is 0.296. The largest absolute Gasteiger partial charge is 0.489 e. The molecule has 0 unspecified atom stereocenters. The molecule has 166 valence electrons. The van der Waals surface area contributed by atoms with E-state index in [2.05, 4.69) is 0 Å². The van der Waals surface area contributed by atoms with Gasteiger partial charge in [0.05, 0.1) is 6.10 Å². The lowest BCUT2D eigenvalue weighted by Crippen LogP contribution is -2.37. The summed E-state index contributed by atoms with van der Waals surface area (Å²) in [5, 5.41) is 0. The summed E-state index contributed by atoms with van der Waals surface area (Å²) in [6.07, 6.45) is 2.09. The molecule has 32 heavy (non-hydrogen) atoms. The molecule has 3 aromatic rings. The lowest BCUT2D eigenvalue weighted by Gasteiger charge is -2.26. The molecule has 0 saturated carbocycles. The van der Waals surface area contributed by atoms with Crippen molar-refractivity contribution in [2.24, 2.45) is 0 Å². The maximum absolute atomic E-state index is 13.3. The molecule has 0 radical (unpaired) electrons. The minimum atomic E-state index is -0.272. The molecule has 1 aliphatic heterocycles. The van der Waals surface area contributed by atoms with Crippen LogP contribution in [-0.2, 0) is 17.9 Å². The maximum Gasteiger partial charge on any atom is 0.254 e. The molecule has 1 heterocycles. The third-order valence-electron chi connectivity index (χ3n) is 5.63. The molecule has 0 spiro atoms. The monoisotopic (exact) mass is 433 g/mol. The van der Waals surface area contributed by atoms with Crippen LogP contribution < -0.4 is 4.74 Å². The zero-order chi connectivity index (χ0) is 22.3. The van der Waals surface area contributed by atoms with Crippen molar-refractivity contribution in [1.29, 1.82) is 0 Å². The predicted octanol–water partition coefficient (Wildman–Crippen LogP) is 5.53. The molecule has 1 atom stereocenters. The van der Waals surface area contributed by atoms with Gasteiger partial charge in [0.25, 0.3) is 5.91 Å². The van der Waals surface area contributed by atoms with Gasteiger partial charge in [-0.25, -0.2) is 4.39 Å². The SMILES string of the molecule is Cc1ccc(C(=O)N(Cc2ccc(OCc3cccc(F)c3)cc2)C[C@H]2CCCO2)cc1. The van der Waals surface area contributed by atoms with E-state index < -0.39 is 0 Å². The lowest BCUT2D eigenvalue weighted by atomic mass is 10.1. The highest BCUT2D eigenvalue weighted by atomic mass is 19.1. The van der Waals surface area contributed by atoms with Crippen LogP contribution in [0.15, 0.2) is 72.8 Å². The first-order valence-corrected chi connectivity index (χ1v) is 11.0. The second kappa shape index (κ2) is 10.4. The van der Waals surface area contributed by atoms with E-state index in [1.165, 1.54) is 12.1 Å². The van der Waals surface area contributed by atoms with E-state index in [-0.39, 0.29) is 17.8 Å². The Bertz CT molecular complexity index is 1030. The molecule has 0 N–H and O–H groups in total. The Labute approximate surface area is 188 Å². The molecule has 0 bridgehead atoms. The standard InChI is InChI=1S/C27H28FNO3/c1-20-7-11-23(12-8-20)27(30)29(18-26-6-3-15-31-26)17-21-9-13-25(14-10-21)32-19-22-4-2-5-24(28)16-22/h2,4-5,7-14,16,26H,3,6,15,17-19H2,1H3/t26-/m1/s1. The van der Waals surface area contributed by atoms with Crippen molar-refractivity contribution in [3.05, 3.63) is 101 Å². The van der Waals surface area contributed by atoms with Gasteiger partial charge in [-0.1, -0.05) is 42.0 Å². The third-order valence-corrected chi connectivity index (χ3v) is 5.63. The van der Waals surface area contributed by atoms with Crippen molar-refractivity contribution < 1.29 is 18.7 Å². The van der Waals surface area contributed by atoms with Crippen LogP contribution in [0.2, 0.25) is 0 Å². The summed E-state index contributed by atoms with van der Waals surface area (Å²) < 4.78 is 24.9. The maximum atomic E-state index is 13.3. The van der Waals surface area contributed by atoms with Gasteiger partial charge in [0, 0.05) is 25.3 Å². The number of carbonyl (C=O) groups excluding carboxylic acids is 1. The van der Waals surface area contributed by atoms with Gasteiger partial charge in [-0.05, 0) is 67.3 Å². The first-order chi connectivity index (χ1) is 15.6. The number of hydrogen-bond acceptors (Lipinski definition) is 3. The van der Waals surface area contributed by atoms with E-state index in [4.69, 9.17) is 9.47 Å². The van der Waals surface area contributed by atoms with Gasteiger partial charge >= 0.3 is 0 Å². The fourth-order valence-corrected chi connectivity index (χ4v) is 3.84. The van der Waals surface area contributed by atoms with Crippen LogP contribution in [0.5, 0.6) is 5.75 Å². The summed E-state index contributed by atoms with van der Waals surface area (Å²) in [7, 11) is 0. The number of rotatable bonds is 8. The topological polar surface area (TPSA) is 38.8 Å². The Morgan fingerprint density at radius 2 is 1.84 bits per heavy atom. The highest BCUT2D eigenvalue weighted by Gasteiger charge is 2.23. The Kier molecular flexibility index (Phi) is 7.17. The van der Waals surface area contributed by atoms with Crippen molar-refractivity contribution in [1.82, 2.24) is 4.90 Å². The first kappa shape index (κ1) is 22.0. The van der Waals surface area contributed by atoms with E-state index >= 15 is 0 Å². The van der Waals surface area contributed by atoms with Crippen molar-refractivity contribution in [3.63, 3.8) is 0 Å². The summed E-state index contributed by atoms with van der Waals surface area (Å²) in [4.78, 5) is 15.1. The molecule has 5 heteroatoms. The van der Waals surface area contributed by atoms with Crippen LogP contribution >= 0.6 is 0 Å². The Balaban J connectivity index is 1.42. The summed E-state index contributed by atoms with van der Waals surface area (Å²) in [5.74, 6) is 0.437. The van der Waals surface area contributed by atoms with Gasteiger partial charge in [0.15, 0.2) is 0 Å². The van der Waals surface area contributed by atoms with Crippen LogP contribution in [0.3, 0.4) is 0 Å². The number of amides is 1. The average Bonchev–Trinajstić information content (AvgIpc) is 3.31. The molecule has 3 aromatic carbocycles. The van der Waals surface area contributed by atoms with Crippen LogP contribution in [0, 0.1) is 12.7 Å². The number of benzene rings is 3. The van der Waals surface area contributed by atoms with Gasteiger partial charge in [-0.15, -0.1) is 0 Å². The normalized spacial score (nSPS) is 15.5. The second-order valence-electron chi connectivity index (χ2n) is 8.25. The van der Waals surface area contributed by atoms with Crippen LogP contribution in [-0.4, -0.2) is 30.1 Å². The smallest absolute Gasteiger partial charge is 0.254 e. The van der Waals surface area contributed by atoms with E-state index in [0.29, 0.717) is 31.0 Å². The number of nitrogens with zero attached hydrogens (tertiary/aromatic N) is 1. The number of hydrogen-bond donors (Lipinski definition) is 0. The summed E-state index contributed by atoms with van der Waals surface area (Å²) in [6.45, 7) is 4.14. The van der Waals surface area contributed by atoms with Crippen LogP contribution in [0.25, 0.3) is 0 Å². The highest BCUT2D eigenvalue weighted by Crippen LogP contribution is 2.20. The first-order valence-electron chi connectivity index (χ1n) is 11.0. The van der Waals surface area contributed by atoms with Gasteiger partial charge in [-0.2, -0.15) is 0 Å². The number of ether oxygens (including phenoxy) is 2. The average molecular weight is 434 g/mol. The molecular weight excluding hydrogens is 405 g/mol. The third kappa shape index (κ3) is 5.95. The van der Waals surface area contributed by atoms with Crippen molar-refractivity contribution in [2.45, 2.75) is 39.0 Å². The summed E-state index contributed by atoms with van der Waals surface area (Å²) in [6, 6.07) is 21.8.